The maximum Gasteiger partial charge on any atom is 0.338 e. The van der Waals surface area contributed by atoms with Crippen LogP contribution in [-0.4, -0.2) is 52.0 Å². The zero-order valence-corrected chi connectivity index (χ0v) is 27.1. The van der Waals surface area contributed by atoms with Crippen molar-refractivity contribution in [1.29, 1.82) is 0 Å². The van der Waals surface area contributed by atoms with Crippen LogP contribution in [0.1, 0.15) is 66.4 Å². The molecule has 2 aliphatic carbocycles. The quantitative estimate of drug-likeness (QED) is 0.285. The highest BCUT2D eigenvalue weighted by Crippen LogP contribution is 2.68. The number of aromatic amines is 1. The van der Waals surface area contributed by atoms with Gasteiger partial charge in [-0.3, -0.25) is 24.1 Å². The van der Waals surface area contributed by atoms with E-state index < -0.39 is 23.7 Å². The van der Waals surface area contributed by atoms with Gasteiger partial charge in [-0.05, 0) is 71.9 Å². The second-order valence-electron chi connectivity index (χ2n) is 13.4. The van der Waals surface area contributed by atoms with Gasteiger partial charge in [0.25, 0.3) is 0 Å². The van der Waals surface area contributed by atoms with Gasteiger partial charge in [0.1, 0.15) is 6.54 Å². The molecule has 1 saturated heterocycles. The number of likely N-dealkylation sites (tertiary alicyclic amines) is 1. The average Bonchev–Trinajstić information content (AvgIpc) is 3.73. The fourth-order valence-corrected chi connectivity index (χ4v) is 10.9. The lowest BCUT2D eigenvalue weighted by Gasteiger charge is -2.43. The monoisotopic (exact) mass is 645 g/mol. The molecule has 11 heteroatoms. The number of hydrogen-bond acceptors (Lipinski definition) is 8. The summed E-state index contributed by atoms with van der Waals surface area (Å²) in [7, 11) is 0. The van der Waals surface area contributed by atoms with Crippen molar-refractivity contribution in [2.75, 3.05) is 18.5 Å². The minimum Gasteiger partial charge on any atom is -0.462 e. The molecule has 7 rings (SSSR count). The van der Waals surface area contributed by atoms with Gasteiger partial charge < -0.3 is 15.0 Å². The van der Waals surface area contributed by atoms with E-state index >= 15 is 0 Å². The molecule has 2 saturated carbocycles. The van der Waals surface area contributed by atoms with Gasteiger partial charge in [-0.1, -0.05) is 56.4 Å². The molecule has 2 aromatic carbocycles. The van der Waals surface area contributed by atoms with Gasteiger partial charge in [0.2, 0.25) is 17.7 Å². The molecule has 0 spiro atoms. The molecule has 7 atom stereocenters. The second-order valence-corrected chi connectivity index (χ2v) is 15.6. The van der Waals surface area contributed by atoms with Crippen LogP contribution in [0.4, 0.5) is 5.69 Å². The van der Waals surface area contributed by atoms with Crippen LogP contribution in [-0.2, 0) is 24.5 Å². The number of H-pyrrole nitrogens is 1. The van der Waals surface area contributed by atoms with E-state index in [4.69, 9.17) is 4.74 Å². The zero-order chi connectivity index (χ0) is 31.8. The number of benzene rings is 2. The first kappa shape index (κ1) is 30.0. The third-order valence-electron chi connectivity index (χ3n) is 9.93. The maximum absolute atomic E-state index is 13.9. The SMILES string of the molecule is CCOC(=O)c1ccc(NC(=O)CN2C(=O)C3C4CC(C3C2=O)C2C4Sc3[nH]c(=O)sc3[C@@H]2c2ccc(C(C)(C)C)cc2)cc1. The number of amides is 3. The Morgan fingerprint density at radius 3 is 2.29 bits per heavy atom. The summed E-state index contributed by atoms with van der Waals surface area (Å²) in [6.07, 6.45) is 0.789. The first-order valence-corrected chi connectivity index (χ1v) is 17.1. The van der Waals surface area contributed by atoms with Crippen LogP contribution in [0.3, 0.4) is 0 Å². The van der Waals surface area contributed by atoms with Crippen LogP contribution in [0.25, 0.3) is 0 Å². The summed E-state index contributed by atoms with van der Waals surface area (Å²) in [6, 6.07) is 14.9. The van der Waals surface area contributed by atoms with Crippen molar-refractivity contribution in [3.05, 3.63) is 79.8 Å². The number of nitrogens with one attached hydrogen (secondary N) is 2. The van der Waals surface area contributed by atoms with E-state index in [9.17, 15) is 24.0 Å². The predicted octanol–water partition coefficient (Wildman–Crippen LogP) is 5.02. The lowest BCUT2D eigenvalue weighted by molar-refractivity contribution is -0.143. The van der Waals surface area contributed by atoms with E-state index in [1.54, 1.807) is 43.0 Å². The number of carbonyl (C=O) groups is 4. The minimum atomic E-state index is -0.476. The topological polar surface area (TPSA) is 126 Å². The molecular formula is C34H35N3O6S2. The number of nitrogens with zero attached hydrogens (tertiary/aromatic N) is 1. The highest BCUT2D eigenvalue weighted by molar-refractivity contribution is 8.00. The van der Waals surface area contributed by atoms with E-state index in [1.807, 2.05) is 0 Å². The predicted molar refractivity (Wildman–Crippen MR) is 171 cm³/mol. The fraction of sp³-hybridized carbons (Fsp3) is 0.441. The number of fused-ring (bicyclic) bond motifs is 9. The summed E-state index contributed by atoms with van der Waals surface area (Å²) >= 11 is 2.90. The highest BCUT2D eigenvalue weighted by atomic mass is 32.2. The molecule has 3 fully saturated rings. The van der Waals surface area contributed by atoms with Gasteiger partial charge >= 0.3 is 10.8 Å². The van der Waals surface area contributed by atoms with E-state index in [0.717, 1.165) is 26.8 Å². The second kappa shape index (κ2) is 11.0. The number of thiazole rings is 1. The number of anilines is 1. The standard InChI is InChI=1S/C34H35N3O6S2/c1-5-43-32(41)17-8-12-19(13-9-17)35-22(38)15-37-30(39)25-20-14-21(26(25)31(37)40)27-24(20)23(28-29(44-27)36-33(42)45-28)16-6-10-18(11-7-16)34(2,3)4/h6-13,20-21,23-27H,5,14-15H2,1-4H3,(H,35,38)(H,36,42)/t20?,21?,23-,24?,25?,26?,27?/m1/s1. The molecule has 3 aromatic rings. The molecule has 0 radical (unpaired) electrons. The van der Waals surface area contributed by atoms with E-state index in [2.05, 4.69) is 55.3 Å². The average molecular weight is 646 g/mol. The maximum atomic E-state index is 13.9. The molecule has 45 heavy (non-hydrogen) atoms. The molecule has 2 bridgehead atoms. The molecule has 2 aliphatic heterocycles. The number of aromatic nitrogens is 1. The number of hydrogen-bond donors (Lipinski definition) is 2. The number of imide groups is 1. The number of esters is 1. The Labute approximate surface area is 269 Å². The van der Waals surface area contributed by atoms with Crippen LogP contribution in [0.5, 0.6) is 0 Å². The van der Waals surface area contributed by atoms with Crippen molar-refractivity contribution in [3.8, 4) is 0 Å². The van der Waals surface area contributed by atoms with Crippen molar-refractivity contribution < 1.29 is 23.9 Å². The number of ether oxygens (including phenoxy) is 1. The van der Waals surface area contributed by atoms with Crippen LogP contribution >= 0.6 is 23.1 Å². The number of rotatable bonds is 6. The number of thioether (sulfide) groups is 1. The zero-order valence-electron chi connectivity index (χ0n) is 25.5. The Hall–Kier alpha value is -3.70. The van der Waals surface area contributed by atoms with Gasteiger partial charge in [-0.15, -0.1) is 11.8 Å². The summed E-state index contributed by atoms with van der Waals surface area (Å²) in [5, 5.41) is 3.71. The first-order chi connectivity index (χ1) is 21.5. The lowest BCUT2D eigenvalue weighted by Crippen LogP contribution is -2.42. The van der Waals surface area contributed by atoms with Crippen LogP contribution in [0.15, 0.2) is 58.4 Å². The molecule has 6 unspecified atom stereocenters. The summed E-state index contributed by atoms with van der Waals surface area (Å²) in [6.45, 7) is 8.17. The molecule has 234 valence electrons. The fourth-order valence-electron chi connectivity index (χ4n) is 8.05. The molecule has 4 aliphatic rings. The van der Waals surface area contributed by atoms with Crippen molar-refractivity contribution >= 4 is 52.5 Å². The van der Waals surface area contributed by atoms with Crippen molar-refractivity contribution in [1.82, 2.24) is 9.88 Å². The molecular weight excluding hydrogens is 611 g/mol. The van der Waals surface area contributed by atoms with E-state index in [-0.39, 0.29) is 64.2 Å². The summed E-state index contributed by atoms with van der Waals surface area (Å²) < 4.78 is 5.00. The van der Waals surface area contributed by atoms with E-state index in [0.29, 0.717) is 11.3 Å². The van der Waals surface area contributed by atoms with Crippen molar-refractivity contribution in [2.24, 2.45) is 29.6 Å². The van der Waals surface area contributed by atoms with Crippen molar-refractivity contribution in [3.63, 3.8) is 0 Å². The molecule has 2 N–H and O–H groups in total. The van der Waals surface area contributed by atoms with Gasteiger partial charge in [0.05, 0.1) is 29.0 Å². The third-order valence-corrected chi connectivity index (χ3v) is 12.5. The Morgan fingerprint density at radius 2 is 1.64 bits per heavy atom. The van der Waals surface area contributed by atoms with E-state index in [1.165, 1.54) is 16.9 Å². The molecule has 3 heterocycles. The Morgan fingerprint density at radius 1 is 0.978 bits per heavy atom. The summed E-state index contributed by atoms with van der Waals surface area (Å²) in [4.78, 5) is 70.3. The summed E-state index contributed by atoms with van der Waals surface area (Å²) in [5.41, 5.74) is 3.18. The van der Waals surface area contributed by atoms with Crippen LogP contribution in [0, 0.1) is 29.6 Å². The largest absolute Gasteiger partial charge is 0.462 e. The van der Waals surface area contributed by atoms with Crippen LogP contribution < -0.4 is 10.2 Å². The van der Waals surface area contributed by atoms with Gasteiger partial charge in [-0.25, -0.2) is 4.79 Å². The smallest absolute Gasteiger partial charge is 0.338 e. The van der Waals surface area contributed by atoms with Crippen LogP contribution in [0.2, 0.25) is 0 Å². The normalized spacial score (nSPS) is 28.1. The Balaban J connectivity index is 1.12. The first-order valence-electron chi connectivity index (χ1n) is 15.4. The third kappa shape index (κ3) is 4.95. The Kier molecular flexibility index (Phi) is 7.31. The lowest BCUT2D eigenvalue weighted by atomic mass is 9.68. The molecule has 1 aromatic heterocycles. The molecule has 3 amide bonds. The highest BCUT2D eigenvalue weighted by Gasteiger charge is 2.69. The van der Waals surface area contributed by atoms with Gasteiger partial charge in [0.15, 0.2) is 0 Å². The van der Waals surface area contributed by atoms with Gasteiger partial charge in [-0.2, -0.15) is 0 Å². The Bertz CT molecular complexity index is 1760. The van der Waals surface area contributed by atoms with Crippen molar-refractivity contribution in [2.45, 2.75) is 55.7 Å². The van der Waals surface area contributed by atoms with Gasteiger partial charge in [0, 0.05) is 21.7 Å². The summed E-state index contributed by atoms with van der Waals surface area (Å²) in [5.74, 6) is -2.37. The minimum absolute atomic E-state index is 0.00561. The molecule has 9 nitrogen and oxygen atoms in total. The number of carbonyl (C=O) groups excluding carboxylic acids is 4.